The van der Waals surface area contributed by atoms with Gasteiger partial charge >= 0.3 is 0 Å². The van der Waals surface area contributed by atoms with Crippen LogP contribution in [-0.4, -0.2) is 17.5 Å². The molecule has 0 aromatic carbocycles. The molecule has 1 aliphatic carbocycles. The molecule has 84 valence electrons. The molecular formula is C12H25NS. The van der Waals surface area contributed by atoms with E-state index in [1.165, 1.54) is 43.6 Å². The molecule has 1 saturated carbocycles. The van der Waals surface area contributed by atoms with Crippen LogP contribution in [0.25, 0.3) is 0 Å². The first-order chi connectivity index (χ1) is 6.70. The Bertz CT molecular complexity index is 141. The van der Waals surface area contributed by atoms with E-state index < -0.39 is 0 Å². The van der Waals surface area contributed by atoms with Gasteiger partial charge in [0.25, 0.3) is 0 Å². The third-order valence-corrected chi connectivity index (χ3v) is 4.30. The standard InChI is InChI=1S/C12H25NS/c1-10(2)7-8-14-9-12(13)11-5-3-4-6-11/h10-12H,3-9,13H2,1-2H3. The van der Waals surface area contributed by atoms with Crippen molar-refractivity contribution in [2.75, 3.05) is 11.5 Å². The molecular weight excluding hydrogens is 190 g/mol. The van der Waals surface area contributed by atoms with Crippen LogP contribution in [-0.2, 0) is 0 Å². The van der Waals surface area contributed by atoms with E-state index in [-0.39, 0.29) is 0 Å². The lowest BCUT2D eigenvalue weighted by Gasteiger charge is -2.18. The molecule has 14 heavy (non-hydrogen) atoms. The van der Waals surface area contributed by atoms with E-state index in [2.05, 4.69) is 25.6 Å². The van der Waals surface area contributed by atoms with Gasteiger partial charge in [-0.15, -0.1) is 0 Å². The average Bonchev–Trinajstić information content (AvgIpc) is 2.64. The van der Waals surface area contributed by atoms with Crippen LogP contribution in [0, 0.1) is 11.8 Å². The summed E-state index contributed by atoms with van der Waals surface area (Å²) in [4.78, 5) is 0. The predicted octanol–water partition coefficient (Wildman–Crippen LogP) is 3.28. The molecule has 0 bridgehead atoms. The van der Waals surface area contributed by atoms with Gasteiger partial charge in [-0.25, -0.2) is 0 Å². The van der Waals surface area contributed by atoms with Crippen molar-refractivity contribution in [1.82, 2.24) is 0 Å². The Morgan fingerprint density at radius 1 is 1.29 bits per heavy atom. The van der Waals surface area contributed by atoms with Gasteiger partial charge in [0, 0.05) is 11.8 Å². The van der Waals surface area contributed by atoms with E-state index in [0.29, 0.717) is 6.04 Å². The maximum atomic E-state index is 6.18. The van der Waals surface area contributed by atoms with E-state index in [9.17, 15) is 0 Å². The second kappa shape index (κ2) is 6.73. The Hall–Kier alpha value is 0.310. The Kier molecular flexibility index (Phi) is 5.95. The average molecular weight is 215 g/mol. The van der Waals surface area contributed by atoms with Crippen molar-refractivity contribution in [2.45, 2.75) is 52.0 Å². The summed E-state index contributed by atoms with van der Waals surface area (Å²) in [5.41, 5.74) is 6.18. The lowest BCUT2D eigenvalue weighted by atomic mass is 10.0. The summed E-state index contributed by atoms with van der Waals surface area (Å²) in [6.07, 6.45) is 6.92. The number of hydrogen-bond donors (Lipinski definition) is 1. The van der Waals surface area contributed by atoms with Crippen molar-refractivity contribution in [3.05, 3.63) is 0 Å². The molecule has 1 aliphatic rings. The molecule has 0 radical (unpaired) electrons. The van der Waals surface area contributed by atoms with Gasteiger partial charge in [-0.3, -0.25) is 0 Å². The van der Waals surface area contributed by atoms with Crippen LogP contribution in [0.5, 0.6) is 0 Å². The molecule has 0 aliphatic heterocycles. The highest BCUT2D eigenvalue weighted by molar-refractivity contribution is 7.99. The van der Waals surface area contributed by atoms with Gasteiger partial charge in [0.1, 0.15) is 0 Å². The maximum Gasteiger partial charge on any atom is 0.0158 e. The minimum absolute atomic E-state index is 0.467. The summed E-state index contributed by atoms with van der Waals surface area (Å²) in [5, 5.41) is 0. The molecule has 1 unspecified atom stereocenters. The van der Waals surface area contributed by atoms with E-state index in [0.717, 1.165) is 11.8 Å². The molecule has 1 atom stereocenters. The maximum absolute atomic E-state index is 6.18. The van der Waals surface area contributed by atoms with E-state index >= 15 is 0 Å². The molecule has 0 aromatic heterocycles. The van der Waals surface area contributed by atoms with Gasteiger partial charge in [0.2, 0.25) is 0 Å². The van der Waals surface area contributed by atoms with Crippen molar-refractivity contribution in [3.8, 4) is 0 Å². The summed E-state index contributed by atoms with van der Waals surface area (Å²) < 4.78 is 0. The Labute approximate surface area is 93.2 Å². The highest BCUT2D eigenvalue weighted by Crippen LogP contribution is 2.28. The molecule has 0 aromatic rings. The second-order valence-electron chi connectivity index (χ2n) is 4.97. The van der Waals surface area contributed by atoms with E-state index in [1.807, 2.05) is 0 Å². The Morgan fingerprint density at radius 2 is 1.93 bits per heavy atom. The third kappa shape index (κ3) is 4.70. The predicted molar refractivity (Wildman–Crippen MR) is 66.7 cm³/mol. The highest BCUT2D eigenvalue weighted by Gasteiger charge is 2.21. The van der Waals surface area contributed by atoms with E-state index in [4.69, 9.17) is 5.73 Å². The van der Waals surface area contributed by atoms with Crippen LogP contribution in [0.4, 0.5) is 0 Å². The molecule has 0 saturated heterocycles. The molecule has 0 amide bonds. The zero-order valence-electron chi connectivity index (χ0n) is 9.67. The Morgan fingerprint density at radius 3 is 2.50 bits per heavy atom. The van der Waals surface area contributed by atoms with Gasteiger partial charge in [0.05, 0.1) is 0 Å². The van der Waals surface area contributed by atoms with Gasteiger partial charge in [0.15, 0.2) is 0 Å². The summed E-state index contributed by atoms with van der Waals surface area (Å²) in [5.74, 6) is 4.14. The first kappa shape index (κ1) is 12.4. The minimum atomic E-state index is 0.467. The summed E-state index contributed by atoms with van der Waals surface area (Å²) in [6.45, 7) is 4.58. The van der Waals surface area contributed by atoms with Gasteiger partial charge in [-0.1, -0.05) is 26.7 Å². The summed E-state index contributed by atoms with van der Waals surface area (Å²) in [7, 11) is 0. The van der Waals surface area contributed by atoms with Crippen LogP contribution in [0.2, 0.25) is 0 Å². The smallest absolute Gasteiger partial charge is 0.0158 e. The van der Waals surface area contributed by atoms with Crippen molar-refractivity contribution in [3.63, 3.8) is 0 Å². The lowest BCUT2D eigenvalue weighted by Crippen LogP contribution is -2.30. The molecule has 2 heteroatoms. The van der Waals surface area contributed by atoms with Crippen LogP contribution in [0.3, 0.4) is 0 Å². The lowest BCUT2D eigenvalue weighted by molar-refractivity contribution is 0.463. The molecule has 1 nitrogen and oxygen atoms in total. The molecule has 1 rings (SSSR count). The topological polar surface area (TPSA) is 26.0 Å². The second-order valence-corrected chi connectivity index (χ2v) is 6.12. The van der Waals surface area contributed by atoms with Crippen molar-refractivity contribution in [2.24, 2.45) is 17.6 Å². The largest absolute Gasteiger partial charge is 0.327 e. The van der Waals surface area contributed by atoms with Gasteiger partial charge < -0.3 is 5.73 Å². The fourth-order valence-electron chi connectivity index (χ4n) is 2.06. The monoisotopic (exact) mass is 215 g/mol. The minimum Gasteiger partial charge on any atom is -0.327 e. The van der Waals surface area contributed by atoms with Crippen molar-refractivity contribution < 1.29 is 0 Å². The normalized spacial score (nSPS) is 20.6. The van der Waals surface area contributed by atoms with E-state index in [1.54, 1.807) is 0 Å². The molecule has 1 fully saturated rings. The SMILES string of the molecule is CC(C)CCSCC(N)C1CCCC1. The van der Waals surface area contributed by atoms with Crippen LogP contribution < -0.4 is 5.73 Å². The fraction of sp³-hybridized carbons (Fsp3) is 1.00. The Balaban J connectivity index is 1.99. The summed E-state index contributed by atoms with van der Waals surface area (Å²) >= 11 is 2.05. The first-order valence-electron chi connectivity index (χ1n) is 6.03. The van der Waals surface area contributed by atoms with Crippen LogP contribution >= 0.6 is 11.8 Å². The van der Waals surface area contributed by atoms with Gasteiger partial charge in [-0.2, -0.15) is 11.8 Å². The molecule has 0 spiro atoms. The quantitative estimate of drug-likeness (QED) is 0.688. The van der Waals surface area contributed by atoms with Crippen molar-refractivity contribution >= 4 is 11.8 Å². The van der Waals surface area contributed by atoms with Crippen LogP contribution in [0.15, 0.2) is 0 Å². The number of thioether (sulfide) groups is 1. The zero-order chi connectivity index (χ0) is 10.4. The van der Waals surface area contributed by atoms with Gasteiger partial charge in [-0.05, 0) is 36.9 Å². The molecule has 0 heterocycles. The third-order valence-electron chi connectivity index (χ3n) is 3.16. The summed E-state index contributed by atoms with van der Waals surface area (Å²) in [6, 6.07) is 0.467. The first-order valence-corrected chi connectivity index (χ1v) is 7.19. The fourth-order valence-corrected chi connectivity index (χ4v) is 3.41. The number of hydrogen-bond acceptors (Lipinski definition) is 2. The molecule has 2 N–H and O–H groups in total. The van der Waals surface area contributed by atoms with Crippen LogP contribution in [0.1, 0.15) is 46.0 Å². The number of rotatable bonds is 6. The van der Waals surface area contributed by atoms with Crippen molar-refractivity contribution in [1.29, 1.82) is 0 Å². The zero-order valence-corrected chi connectivity index (χ0v) is 10.5. The highest BCUT2D eigenvalue weighted by atomic mass is 32.2. The number of nitrogens with two attached hydrogens (primary N) is 1.